The molecule has 6 nitrogen and oxygen atoms in total. The molecule has 2 aromatic rings. The molecule has 1 heterocycles. The quantitative estimate of drug-likeness (QED) is 0.726. The standard InChI is InChI=1S/C22H28N2O4S/c1-17-11-12-20(28-3)21(14-17)29(26,27)24-13-7-10-19(16-24)22(25)23(2)15-18-8-5-4-6-9-18/h4-6,8-9,11-12,14,19H,7,10,13,15-16H2,1-3H3/t19-/m0/s1. The third-order valence-corrected chi connectivity index (χ3v) is 7.20. The van der Waals surface area contributed by atoms with Gasteiger partial charge in [-0.15, -0.1) is 0 Å². The molecule has 1 aliphatic heterocycles. The van der Waals surface area contributed by atoms with Crippen LogP contribution in [0.5, 0.6) is 5.75 Å². The van der Waals surface area contributed by atoms with Crippen LogP contribution in [0.25, 0.3) is 0 Å². The van der Waals surface area contributed by atoms with Crippen LogP contribution in [0.2, 0.25) is 0 Å². The van der Waals surface area contributed by atoms with Crippen molar-refractivity contribution >= 4 is 15.9 Å². The second kappa shape index (κ2) is 8.97. The van der Waals surface area contributed by atoms with Gasteiger partial charge in [-0.25, -0.2) is 8.42 Å². The molecule has 0 radical (unpaired) electrons. The molecule has 3 rings (SSSR count). The summed E-state index contributed by atoms with van der Waals surface area (Å²) in [6.07, 6.45) is 1.35. The lowest BCUT2D eigenvalue weighted by molar-refractivity contribution is -0.135. The summed E-state index contributed by atoms with van der Waals surface area (Å²) in [5, 5.41) is 0. The molecule has 156 valence electrons. The summed E-state index contributed by atoms with van der Waals surface area (Å²) in [4.78, 5) is 14.8. The molecule has 0 bridgehead atoms. The van der Waals surface area contributed by atoms with Gasteiger partial charge >= 0.3 is 0 Å². The van der Waals surface area contributed by atoms with Crippen molar-refractivity contribution in [3.63, 3.8) is 0 Å². The predicted molar refractivity (Wildman–Crippen MR) is 112 cm³/mol. The monoisotopic (exact) mass is 416 g/mol. The largest absolute Gasteiger partial charge is 0.495 e. The number of piperidine rings is 1. The average molecular weight is 417 g/mol. The highest BCUT2D eigenvalue weighted by Crippen LogP contribution is 2.31. The Hall–Kier alpha value is -2.38. The van der Waals surface area contributed by atoms with Crippen LogP contribution in [0.15, 0.2) is 53.4 Å². The van der Waals surface area contributed by atoms with Gasteiger partial charge in [0.05, 0.1) is 13.0 Å². The summed E-state index contributed by atoms with van der Waals surface area (Å²) in [6, 6.07) is 14.9. The van der Waals surface area contributed by atoms with Crippen molar-refractivity contribution in [1.29, 1.82) is 0 Å². The van der Waals surface area contributed by atoms with E-state index in [0.29, 0.717) is 31.7 Å². The fraction of sp³-hybridized carbons (Fsp3) is 0.409. The van der Waals surface area contributed by atoms with Gasteiger partial charge in [0.15, 0.2) is 0 Å². The van der Waals surface area contributed by atoms with E-state index in [1.807, 2.05) is 43.3 Å². The van der Waals surface area contributed by atoms with Crippen LogP contribution in [0.3, 0.4) is 0 Å². The van der Waals surface area contributed by atoms with Crippen LogP contribution < -0.4 is 4.74 Å². The molecular formula is C22H28N2O4S. The third-order valence-electron chi connectivity index (χ3n) is 5.31. The fourth-order valence-corrected chi connectivity index (χ4v) is 5.50. The number of hydrogen-bond donors (Lipinski definition) is 0. The molecule has 1 atom stereocenters. The van der Waals surface area contributed by atoms with Crippen molar-refractivity contribution in [3.05, 3.63) is 59.7 Å². The molecule has 1 aliphatic rings. The number of amides is 1. The Kier molecular flexibility index (Phi) is 6.59. The Morgan fingerprint density at radius 3 is 2.62 bits per heavy atom. The molecule has 0 N–H and O–H groups in total. The lowest BCUT2D eigenvalue weighted by Crippen LogP contribution is -2.45. The van der Waals surface area contributed by atoms with Crippen LogP contribution in [0.1, 0.15) is 24.0 Å². The number of ether oxygens (including phenoxy) is 1. The van der Waals surface area contributed by atoms with Gasteiger partial charge in [0.2, 0.25) is 15.9 Å². The molecule has 1 fully saturated rings. The summed E-state index contributed by atoms with van der Waals surface area (Å²) in [5.74, 6) is -0.0433. The minimum absolute atomic E-state index is 0.0232. The highest BCUT2D eigenvalue weighted by Gasteiger charge is 2.35. The van der Waals surface area contributed by atoms with Gasteiger partial charge in [-0.05, 0) is 43.0 Å². The Morgan fingerprint density at radius 1 is 1.21 bits per heavy atom. The van der Waals surface area contributed by atoms with Gasteiger partial charge in [0.25, 0.3) is 0 Å². The van der Waals surface area contributed by atoms with Crippen LogP contribution in [0.4, 0.5) is 0 Å². The minimum atomic E-state index is -3.74. The molecule has 0 unspecified atom stereocenters. The van der Waals surface area contributed by atoms with E-state index in [9.17, 15) is 13.2 Å². The normalized spacial score (nSPS) is 17.7. The van der Waals surface area contributed by atoms with E-state index in [1.54, 1.807) is 24.1 Å². The summed E-state index contributed by atoms with van der Waals surface area (Å²) < 4.78 is 33.2. The smallest absolute Gasteiger partial charge is 0.246 e. The number of hydrogen-bond acceptors (Lipinski definition) is 4. The maximum Gasteiger partial charge on any atom is 0.246 e. The topological polar surface area (TPSA) is 66.9 Å². The molecule has 2 aromatic carbocycles. The predicted octanol–water partition coefficient (Wildman–Crippen LogP) is 3.06. The first-order valence-corrected chi connectivity index (χ1v) is 11.2. The van der Waals surface area contributed by atoms with E-state index in [2.05, 4.69) is 0 Å². The van der Waals surface area contributed by atoms with Crippen molar-refractivity contribution < 1.29 is 17.9 Å². The van der Waals surface area contributed by atoms with E-state index in [4.69, 9.17) is 4.74 Å². The van der Waals surface area contributed by atoms with E-state index in [0.717, 1.165) is 11.1 Å². The van der Waals surface area contributed by atoms with Gasteiger partial charge in [0.1, 0.15) is 10.6 Å². The molecule has 7 heteroatoms. The summed E-state index contributed by atoms with van der Waals surface area (Å²) >= 11 is 0. The third kappa shape index (κ3) is 4.79. The Balaban J connectivity index is 1.76. The number of methoxy groups -OCH3 is 1. The Labute approximate surface area is 173 Å². The maximum absolute atomic E-state index is 13.3. The van der Waals surface area contributed by atoms with Crippen LogP contribution in [0, 0.1) is 12.8 Å². The van der Waals surface area contributed by atoms with Gasteiger partial charge in [0, 0.05) is 26.7 Å². The van der Waals surface area contributed by atoms with Crippen molar-refractivity contribution in [3.8, 4) is 5.75 Å². The Morgan fingerprint density at radius 2 is 1.93 bits per heavy atom. The number of carbonyl (C=O) groups excluding carboxylic acids is 1. The van der Waals surface area contributed by atoms with Crippen molar-refractivity contribution in [2.24, 2.45) is 5.92 Å². The molecule has 0 spiro atoms. The number of rotatable bonds is 6. The van der Waals surface area contributed by atoms with Crippen molar-refractivity contribution in [1.82, 2.24) is 9.21 Å². The first-order chi connectivity index (χ1) is 13.8. The van der Waals surface area contributed by atoms with Gasteiger partial charge in [-0.3, -0.25) is 4.79 Å². The molecule has 29 heavy (non-hydrogen) atoms. The van der Waals surface area contributed by atoms with Gasteiger partial charge in [-0.2, -0.15) is 4.31 Å². The number of nitrogens with zero attached hydrogens (tertiary/aromatic N) is 2. The zero-order valence-corrected chi connectivity index (χ0v) is 18.0. The van der Waals surface area contributed by atoms with Gasteiger partial charge in [-0.1, -0.05) is 36.4 Å². The van der Waals surface area contributed by atoms with Crippen LogP contribution in [-0.4, -0.2) is 50.8 Å². The lowest BCUT2D eigenvalue weighted by atomic mass is 9.98. The second-order valence-electron chi connectivity index (χ2n) is 7.54. The zero-order chi connectivity index (χ0) is 21.0. The minimum Gasteiger partial charge on any atom is -0.495 e. The highest BCUT2D eigenvalue weighted by atomic mass is 32.2. The Bertz CT molecular complexity index is 960. The maximum atomic E-state index is 13.3. The molecule has 1 saturated heterocycles. The molecule has 0 aromatic heterocycles. The van der Waals surface area contributed by atoms with Crippen molar-refractivity contribution in [2.75, 3.05) is 27.2 Å². The fourth-order valence-electron chi connectivity index (χ4n) is 3.73. The van der Waals surface area contributed by atoms with Gasteiger partial charge < -0.3 is 9.64 Å². The second-order valence-corrected chi connectivity index (χ2v) is 9.44. The van der Waals surface area contributed by atoms with E-state index < -0.39 is 10.0 Å². The average Bonchev–Trinajstić information content (AvgIpc) is 2.74. The van der Waals surface area contributed by atoms with E-state index in [1.165, 1.54) is 11.4 Å². The van der Waals surface area contributed by atoms with Crippen molar-refractivity contribution in [2.45, 2.75) is 31.2 Å². The summed E-state index contributed by atoms with van der Waals surface area (Å²) in [6.45, 7) is 2.96. The zero-order valence-electron chi connectivity index (χ0n) is 17.2. The van der Waals surface area contributed by atoms with E-state index >= 15 is 0 Å². The number of aryl methyl sites for hydroxylation is 1. The highest BCUT2D eigenvalue weighted by molar-refractivity contribution is 7.89. The van der Waals surface area contributed by atoms with Crippen LogP contribution in [-0.2, 0) is 21.4 Å². The molecule has 0 saturated carbocycles. The number of carbonyl (C=O) groups is 1. The van der Waals surface area contributed by atoms with Crippen LogP contribution >= 0.6 is 0 Å². The summed E-state index contributed by atoms with van der Waals surface area (Å²) in [7, 11) is -0.507. The SMILES string of the molecule is COc1ccc(C)cc1S(=O)(=O)N1CCC[C@H](C(=O)N(C)Cc2ccccc2)C1. The molecule has 0 aliphatic carbocycles. The lowest BCUT2D eigenvalue weighted by Gasteiger charge is -2.33. The number of benzene rings is 2. The first-order valence-electron chi connectivity index (χ1n) is 9.76. The number of sulfonamides is 1. The molecular weight excluding hydrogens is 388 g/mol. The molecule has 1 amide bonds. The first kappa shape index (κ1) is 21.3. The summed E-state index contributed by atoms with van der Waals surface area (Å²) in [5.41, 5.74) is 1.89. The van der Waals surface area contributed by atoms with E-state index in [-0.39, 0.29) is 23.3 Å².